The number of nitrogens with zero attached hydrogens (tertiary/aromatic N) is 3. The van der Waals surface area contributed by atoms with E-state index in [9.17, 15) is 0 Å². The maximum Gasteiger partial charge on any atom is 0.121 e. The monoisotopic (exact) mass is 314 g/mol. The van der Waals surface area contributed by atoms with Crippen LogP contribution in [0.1, 0.15) is 19.8 Å². The van der Waals surface area contributed by atoms with Crippen LogP contribution in [0, 0.1) is 0 Å². The molecule has 0 aliphatic heterocycles. The van der Waals surface area contributed by atoms with Crippen LogP contribution >= 0.6 is 0 Å². The van der Waals surface area contributed by atoms with Crippen LogP contribution in [-0.2, 0) is 0 Å². The number of pyridine rings is 1. The average molecular weight is 314 g/mol. The third-order valence-electron chi connectivity index (χ3n) is 3.55. The predicted molar refractivity (Wildman–Crippen MR) is 97.7 cm³/mol. The van der Waals surface area contributed by atoms with Crippen molar-refractivity contribution in [2.75, 3.05) is 33.1 Å². The minimum atomic E-state index is 0.349. The van der Waals surface area contributed by atoms with Gasteiger partial charge in [-0.3, -0.25) is 9.98 Å². The highest BCUT2D eigenvalue weighted by Gasteiger charge is 2.08. The van der Waals surface area contributed by atoms with Crippen molar-refractivity contribution in [3.63, 3.8) is 0 Å². The summed E-state index contributed by atoms with van der Waals surface area (Å²) in [6.45, 7) is 3.03. The highest BCUT2D eigenvalue weighted by Crippen LogP contribution is 2.28. The molecule has 23 heavy (non-hydrogen) atoms. The Kier molecular flexibility index (Phi) is 6.20. The van der Waals surface area contributed by atoms with Gasteiger partial charge in [0.2, 0.25) is 0 Å². The fraction of sp³-hybridized carbons (Fsp3) is 0.444. The molecule has 0 unspecified atom stereocenters. The van der Waals surface area contributed by atoms with Crippen molar-refractivity contribution in [3.8, 4) is 5.75 Å². The molecular formula is C18H26N4O. The molecule has 0 fully saturated rings. The summed E-state index contributed by atoms with van der Waals surface area (Å²) in [4.78, 5) is 10.8. The van der Waals surface area contributed by atoms with E-state index < -0.39 is 0 Å². The molecule has 0 amide bonds. The summed E-state index contributed by atoms with van der Waals surface area (Å²) < 4.78 is 5.39. The average Bonchev–Trinajstić information content (AvgIpc) is 2.54. The highest BCUT2D eigenvalue weighted by molar-refractivity contribution is 5.91. The number of rotatable bonds is 8. The summed E-state index contributed by atoms with van der Waals surface area (Å²) in [6.07, 6.45) is 5.78. The van der Waals surface area contributed by atoms with Gasteiger partial charge >= 0.3 is 0 Å². The lowest BCUT2D eigenvalue weighted by Crippen LogP contribution is -2.16. The Morgan fingerprint density at radius 1 is 1.39 bits per heavy atom. The molecule has 0 spiro atoms. The number of methoxy groups -OCH3 is 1. The normalized spacial score (nSPS) is 12.5. The minimum absolute atomic E-state index is 0.349. The number of fused-ring (bicyclic) bond motifs is 1. The van der Waals surface area contributed by atoms with Crippen molar-refractivity contribution < 1.29 is 4.74 Å². The molecule has 1 N–H and O–H groups in total. The summed E-state index contributed by atoms with van der Waals surface area (Å²) in [6, 6.07) is 8.36. The van der Waals surface area contributed by atoms with E-state index in [1.807, 2.05) is 49.7 Å². The molecule has 0 radical (unpaired) electrons. The van der Waals surface area contributed by atoms with E-state index in [1.54, 1.807) is 7.11 Å². The van der Waals surface area contributed by atoms with Crippen LogP contribution in [0.4, 0.5) is 5.69 Å². The lowest BCUT2D eigenvalue weighted by molar-refractivity contribution is 0.415. The number of aromatic nitrogens is 1. The first-order valence-corrected chi connectivity index (χ1v) is 7.96. The van der Waals surface area contributed by atoms with Gasteiger partial charge in [-0.25, -0.2) is 0 Å². The standard InChI is InChI=1S/C18H26N4O/c1-14(7-5-9-19-13-22(2)3)21-17-12-16(23-4)11-15-8-6-10-20-18(15)17/h6,8,10-14,21H,5,7,9H2,1-4H3/t14-/m1/s1. The second-order valence-electron chi connectivity index (χ2n) is 5.92. The third-order valence-corrected chi connectivity index (χ3v) is 3.55. The number of benzene rings is 1. The maximum atomic E-state index is 5.39. The van der Waals surface area contributed by atoms with Gasteiger partial charge in [-0.05, 0) is 31.9 Å². The Balaban J connectivity index is 2.00. The lowest BCUT2D eigenvalue weighted by Gasteiger charge is -2.17. The molecule has 1 heterocycles. The first-order valence-electron chi connectivity index (χ1n) is 7.96. The quantitative estimate of drug-likeness (QED) is 0.461. The molecule has 1 atom stereocenters. The molecule has 0 aliphatic rings. The van der Waals surface area contributed by atoms with Crippen molar-refractivity contribution in [3.05, 3.63) is 30.5 Å². The largest absolute Gasteiger partial charge is 0.497 e. The molecule has 5 nitrogen and oxygen atoms in total. The van der Waals surface area contributed by atoms with Gasteiger partial charge in [-0.2, -0.15) is 0 Å². The number of hydrogen-bond acceptors (Lipinski definition) is 4. The van der Waals surface area contributed by atoms with Gasteiger partial charge in [0.25, 0.3) is 0 Å². The topological polar surface area (TPSA) is 49.8 Å². The van der Waals surface area contributed by atoms with Gasteiger partial charge in [-0.1, -0.05) is 6.07 Å². The number of anilines is 1. The third kappa shape index (κ3) is 5.13. The van der Waals surface area contributed by atoms with Gasteiger partial charge < -0.3 is 15.0 Å². The van der Waals surface area contributed by atoms with E-state index in [-0.39, 0.29) is 0 Å². The Hall–Kier alpha value is -2.30. The van der Waals surface area contributed by atoms with Gasteiger partial charge in [0.05, 0.1) is 24.7 Å². The summed E-state index contributed by atoms with van der Waals surface area (Å²) in [5.41, 5.74) is 2.00. The molecule has 124 valence electrons. The zero-order chi connectivity index (χ0) is 16.7. The van der Waals surface area contributed by atoms with E-state index >= 15 is 0 Å². The van der Waals surface area contributed by atoms with Crippen LogP contribution in [0.15, 0.2) is 35.5 Å². The van der Waals surface area contributed by atoms with Crippen molar-refractivity contribution in [1.29, 1.82) is 0 Å². The Morgan fingerprint density at radius 3 is 2.96 bits per heavy atom. The first kappa shape index (κ1) is 17.1. The Morgan fingerprint density at radius 2 is 2.22 bits per heavy atom. The highest BCUT2D eigenvalue weighted by atomic mass is 16.5. The van der Waals surface area contributed by atoms with E-state index in [0.717, 1.165) is 41.7 Å². The molecule has 1 aromatic carbocycles. The van der Waals surface area contributed by atoms with Crippen molar-refractivity contribution in [2.24, 2.45) is 4.99 Å². The second kappa shape index (κ2) is 8.36. The molecule has 1 aromatic heterocycles. The Labute approximate surface area is 138 Å². The molecule has 0 aliphatic carbocycles. The number of ether oxygens (including phenoxy) is 1. The van der Waals surface area contributed by atoms with Gasteiger partial charge in [-0.15, -0.1) is 0 Å². The molecule has 0 saturated carbocycles. The zero-order valence-corrected chi connectivity index (χ0v) is 14.4. The van der Waals surface area contributed by atoms with Crippen LogP contribution in [0.3, 0.4) is 0 Å². The molecule has 2 aromatic rings. The van der Waals surface area contributed by atoms with E-state index in [2.05, 4.69) is 28.3 Å². The van der Waals surface area contributed by atoms with Gasteiger partial charge in [0.1, 0.15) is 5.75 Å². The van der Waals surface area contributed by atoms with Crippen LogP contribution in [-0.4, -0.2) is 50.0 Å². The minimum Gasteiger partial charge on any atom is -0.497 e. The fourth-order valence-electron chi connectivity index (χ4n) is 2.44. The van der Waals surface area contributed by atoms with Gasteiger partial charge in [0, 0.05) is 44.3 Å². The smallest absolute Gasteiger partial charge is 0.121 e. The van der Waals surface area contributed by atoms with E-state index in [4.69, 9.17) is 4.74 Å². The lowest BCUT2D eigenvalue weighted by atomic mass is 10.1. The molecule has 5 heteroatoms. The zero-order valence-electron chi connectivity index (χ0n) is 14.4. The van der Waals surface area contributed by atoms with Crippen molar-refractivity contribution >= 4 is 22.9 Å². The maximum absolute atomic E-state index is 5.39. The van der Waals surface area contributed by atoms with Crippen molar-refractivity contribution in [1.82, 2.24) is 9.88 Å². The van der Waals surface area contributed by atoms with Gasteiger partial charge in [0.15, 0.2) is 0 Å². The molecule has 0 bridgehead atoms. The van der Waals surface area contributed by atoms with Crippen LogP contribution < -0.4 is 10.1 Å². The summed E-state index contributed by atoms with van der Waals surface area (Å²) >= 11 is 0. The Bertz CT molecular complexity index is 655. The van der Waals surface area contributed by atoms with E-state index in [0.29, 0.717) is 6.04 Å². The SMILES string of the molecule is COc1cc(N[C@H](C)CCCN=CN(C)C)c2ncccc2c1. The predicted octanol–water partition coefficient (Wildman–Crippen LogP) is 3.41. The van der Waals surface area contributed by atoms with Crippen LogP contribution in [0.25, 0.3) is 10.9 Å². The summed E-state index contributed by atoms with van der Waals surface area (Å²) in [5, 5.41) is 4.64. The fourth-order valence-corrected chi connectivity index (χ4v) is 2.44. The number of aliphatic imine (C=N–C) groups is 1. The number of nitrogens with one attached hydrogen (secondary N) is 1. The second-order valence-corrected chi connectivity index (χ2v) is 5.92. The van der Waals surface area contributed by atoms with E-state index in [1.165, 1.54) is 0 Å². The van der Waals surface area contributed by atoms with Crippen molar-refractivity contribution in [2.45, 2.75) is 25.8 Å². The summed E-state index contributed by atoms with van der Waals surface area (Å²) in [5.74, 6) is 0.843. The molecule has 0 saturated heterocycles. The number of hydrogen-bond donors (Lipinski definition) is 1. The van der Waals surface area contributed by atoms with Crippen LogP contribution in [0.2, 0.25) is 0 Å². The summed E-state index contributed by atoms with van der Waals surface area (Å²) in [7, 11) is 5.65. The first-order chi connectivity index (χ1) is 11.1. The molecular weight excluding hydrogens is 288 g/mol. The van der Waals surface area contributed by atoms with Crippen LogP contribution in [0.5, 0.6) is 5.75 Å². The molecule has 2 rings (SSSR count).